The first-order chi connectivity index (χ1) is 13.5. The van der Waals surface area contributed by atoms with Crippen LogP contribution in [0.3, 0.4) is 0 Å². The molecule has 0 aliphatic carbocycles. The molecule has 1 saturated heterocycles. The lowest BCUT2D eigenvalue weighted by Gasteiger charge is -2.32. The Bertz CT molecular complexity index is 814. The molecule has 0 aromatic carbocycles. The first kappa shape index (κ1) is 20.5. The molecule has 2 aromatic rings. The Labute approximate surface area is 169 Å². The van der Waals surface area contributed by atoms with E-state index in [0.717, 1.165) is 35.5 Å². The quantitative estimate of drug-likeness (QED) is 0.695. The number of likely N-dealkylation sites (tertiary alicyclic amines) is 1. The van der Waals surface area contributed by atoms with Gasteiger partial charge >= 0.3 is 0 Å². The molecule has 1 atom stereocenters. The molecular weight excluding hydrogens is 376 g/mol. The number of amides is 2. The summed E-state index contributed by atoms with van der Waals surface area (Å²) in [6.45, 7) is 6.46. The molecule has 1 aliphatic heterocycles. The predicted octanol–water partition coefficient (Wildman–Crippen LogP) is 2.99. The molecule has 0 saturated carbocycles. The van der Waals surface area contributed by atoms with Crippen molar-refractivity contribution in [2.24, 2.45) is 0 Å². The number of nitrogens with zero attached hydrogens (tertiary/aromatic N) is 2. The van der Waals surface area contributed by atoms with Crippen LogP contribution in [0.4, 0.5) is 0 Å². The summed E-state index contributed by atoms with van der Waals surface area (Å²) < 4.78 is 4.98. The predicted molar refractivity (Wildman–Crippen MR) is 109 cm³/mol. The number of piperidine rings is 1. The lowest BCUT2D eigenvalue weighted by Crippen LogP contribution is -2.39. The maximum absolute atomic E-state index is 13.1. The SMILES string of the molecule is COCCNC(=O)c1cn[nH]c1[C@@H]1CCCN(C(=O)c2sccc2C(C)C)C1. The zero-order chi connectivity index (χ0) is 20.1. The molecule has 7 nitrogen and oxygen atoms in total. The zero-order valence-electron chi connectivity index (χ0n) is 16.7. The van der Waals surface area contributed by atoms with Gasteiger partial charge in [0.15, 0.2) is 0 Å². The average Bonchev–Trinajstić information content (AvgIpc) is 3.37. The van der Waals surface area contributed by atoms with Crippen molar-refractivity contribution in [1.82, 2.24) is 20.4 Å². The first-order valence-corrected chi connectivity index (χ1v) is 10.6. The van der Waals surface area contributed by atoms with Crippen LogP contribution in [0, 0.1) is 0 Å². The van der Waals surface area contributed by atoms with Gasteiger partial charge in [-0.1, -0.05) is 13.8 Å². The molecule has 2 aromatic heterocycles. The second-order valence-corrected chi connectivity index (χ2v) is 8.31. The Hall–Kier alpha value is -2.19. The largest absolute Gasteiger partial charge is 0.383 e. The minimum atomic E-state index is -0.162. The van der Waals surface area contributed by atoms with Crippen LogP contribution in [0.1, 0.15) is 69.8 Å². The number of carbonyl (C=O) groups is 2. The van der Waals surface area contributed by atoms with Gasteiger partial charge in [-0.05, 0) is 35.8 Å². The van der Waals surface area contributed by atoms with Crippen molar-refractivity contribution in [3.05, 3.63) is 39.3 Å². The van der Waals surface area contributed by atoms with Gasteiger partial charge in [-0.15, -0.1) is 11.3 Å². The Morgan fingerprint density at radius 2 is 2.29 bits per heavy atom. The highest BCUT2D eigenvalue weighted by molar-refractivity contribution is 7.12. The van der Waals surface area contributed by atoms with Gasteiger partial charge in [-0.3, -0.25) is 14.7 Å². The number of carbonyl (C=O) groups excluding carboxylic acids is 2. The second-order valence-electron chi connectivity index (χ2n) is 7.40. The van der Waals surface area contributed by atoms with Gasteiger partial charge in [0.2, 0.25) is 0 Å². The first-order valence-electron chi connectivity index (χ1n) is 9.70. The van der Waals surface area contributed by atoms with E-state index in [1.807, 2.05) is 16.3 Å². The lowest BCUT2D eigenvalue weighted by molar-refractivity contribution is 0.0709. The topological polar surface area (TPSA) is 87.3 Å². The molecule has 0 bridgehead atoms. The molecule has 3 rings (SSSR count). The van der Waals surface area contributed by atoms with E-state index >= 15 is 0 Å². The van der Waals surface area contributed by atoms with Gasteiger partial charge in [0.1, 0.15) is 0 Å². The fraction of sp³-hybridized carbons (Fsp3) is 0.550. The van der Waals surface area contributed by atoms with E-state index in [-0.39, 0.29) is 17.7 Å². The van der Waals surface area contributed by atoms with E-state index in [4.69, 9.17) is 4.74 Å². The normalized spacial score (nSPS) is 17.1. The minimum Gasteiger partial charge on any atom is -0.383 e. The Balaban J connectivity index is 1.72. The van der Waals surface area contributed by atoms with Crippen LogP contribution >= 0.6 is 11.3 Å². The smallest absolute Gasteiger partial charge is 0.264 e. The van der Waals surface area contributed by atoms with E-state index < -0.39 is 0 Å². The number of thiophene rings is 1. The van der Waals surface area contributed by atoms with E-state index in [0.29, 0.717) is 31.2 Å². The van der Waals surface area contributed by atoms with Gasteiger partial charge in [0.25, 0.3) is 11.8 Å². The van der Waals surface area contributed by atoms with E-state index in [1.54, 1.807) is 13.3 Å². The van der Waals surface area contributed by atoms with Crippen LogP contribution in [0.2, 0.25) is 0 Å². The molecule has 1 aliphatic rings. The van der Waals surface area contributed by atoms with Crippen molar-refractivity contribution in [3.63, 3.8) is 0 Å². The molecule has 3 heterocycles. The molecule has 0 radical (unpaired) electrons. The summed E-state index contributed by atoms with van der Waals surface area (Å²) in [6, 6.07) is 2.04. The average molecular weight is 405 g/mol. The van der Waals surface area contributed by atoms with E-state index in [9.17, 15) is 9.59 Å². The number of ether oxygens (including phenoxy) is 1. The summed E-state index contributed by atoms with van der Waals surface area (Å²) >= 11 is 1.51. The summed E-state index contributed by atoms with van der Waals surface area (Å²) in [5, 5.41) is 11.9. The van der Waals surface area contributed by atoms with Crippen LogP contribution in [0.5, 0.6) is 0 Å². The van der Waals surface area contributed by atoms with Crippen LogP contribution in [-0.2, 0) is 4.74 Å². The number of hydrogen-bond acceptors (Lipinski definition) is 5. The molecule has 0 spiro atoms. The fourth-order valence-corrected chi connectivity index (χ4v) is 4.66. The molecule has 0 unspecified atom stereocenters. The molecule has 2 N–H and O–H groups in total. The van der Waals surface area contributed by atoms with Crippen LogP contribution < -0.4 is 5.32 Å². The van der Waals surface area contributed by atoms with Gasteiger partial charge in [-0.25, -0.2) is 0 Å². The fourth-order valence-electron chi connectivity index (χ4n) is 3.64. The van der Waals surface area contributed by atoms with Crippen molar-refractivity contribution in [2.75, 3.05) is 33.4 Å². The van der Waals surface area contributed by atoms with Crippen molar-refractivity contribution < 1.29 is 14.3 Å². The van der Waals surface area contributed by atoms with Crippen molar-refractivity contribution in [3.8, 4) is 0 Å². The van der Waals surface area contributed by atoms with E-state index in [1.165, 1.54) is 11.3 Å². The highest BCUT2D eigenvalue weighted by atomic mass is 32.1. The summed E-state index contributed by atoms with van der Waals surface area (Å²) in [6.07, 6.45) is 3.39. The number of hydrogen-bond donors (Lipinski definition) is 2. The summed E-state index contributed by atoms with van der Waals surface area (Å²) in [7, 11) is 1.60. The van der Waals surface area contributed by atoms with Gasteiger partial charge in [0, 0.05) is 32.7 Å². The number of aromatic nitrogens is 2. The van der Waals surface area contributed by atoms with Crippen LogP contribution in [0.15, 0.2) is 17.6 Å². The number of methoxy groups -OCH3 is 1. The third-order valence-corrected chi connectivity index (χ3v) is 6.05. The van der Waals surface area contributed by atoms with Crippen molar-refractivity contribution in [1.29, 1.82) is 0 Å². The number of nitrogens with one attached hydrogen (secondary N) is 2. The molecule has 8 heteroatoms. The second kappa shape index (κ2) is 9.34. The highest BCUT2D eigenvalue weighted by Gasteiger charge is 2.30. The summed E-state index contributed by atoms with van der Waals surface area (Å²) in [5.74, 6) is 0.324. The molecule has 28 heavy (non-hydrogen) atoms. The summed E-state index contributed by atoms with van der Waals surface area (Å²) in [4.78, 5) is 28.3. The van der Waals surface area contributed by atoms with Crippen LogP contribution in [0.25, 0.3) is 0 Å². The zero-order valence-corrected chi connectivity index (χ0v) is 17.5. The molecule has 2 amide bonds. The molecule has 1 fully saturated rings. The van der Waals surface area contributed by atoms with Gasteiger partial charge in [0.05, 0.1) is 28.9 Å². The third-order valence-electron chi connectivity index (χ3n) is 5.13. The van der Waals surface area contributed by atoms with Gasteiger partial charge in [-0.2, -0.15) is 5.10 Å². The Morgan fingerprint density at radius 3 is 3.04 bits per heavy atom. The summed E-state index contributed by atoms with van der Waals surface area (Å²) in [5.41, 5.74) is 2.47. The van der Waals surface area contributed by atoms with Crippen molar-refractivity contribution >= 4 is 23.2 Å². The maximum atomic E-state index is 13.1. The Kier molecular flexibility index (Phi) is 6.85. The minimum absolute atomic E-state index is 0.0748. The number of aromatic amines is 1. The van der Waals surface area contributed by atoms with E-state index in [2.05, 4.69) is 29.4 Å². The standard InChI is InChI=1S/C20H28N4O3S/c1-13(2)15-6-10-28-18(15)20(26)24-8-4-5-14(12-24)17-16(11-22-23-17)19(25)21-7-9-27-3/h6,10-11,13-14H,4-5,7-9,12H2,1-3H3,(H,21,25)(H,22,23)/t14-/m1/s1. The number of rotatable bonds is 7. The lowest BCUT2D eigenvalue weighted by atomic mass is 9.92. The van der Waals surface area contributed by atoms with Crippen LogP contribution in [-0.4, -0.2) is 60.3 Å². The third kappa shape index (κ3) is 4.44. The number of H-pyrrole nitrogens is 1. The molecular formula is C20H28N4O3S. The molecule has 152 valence electrons. The Morgan fingerprint density at radius 1 is 1.46 bits per heavy atom. The van der Waals surface area contributed by atoms with Gasteiger partial charge < -0.3 is 15.0 Å². The maximum Gasteiger partial charge on any atom is 0.264 e. The monoisotopic (exact) mass is 404 g/mol. The van der Waals surface area contributed by atoms with Crippen molar-refractivity contribution in [2.45, 2.75) is 38.5 Å². The highest BCUT2D eigenvalue weighted by Crippen LogP contribution is 2.31.